The standard InChI is InChI=1S/C25H38BrNO4S/c1-17-15-24(30)22(7-5-3-4-6-8-25(31)27-13-14-28)21(17)12-10-19(29)9-11-20-16-23(26)18(2)32-20/h3,5,10,12,16-17,19,21-22,24,28-30H,4,6-9,11,13-15H2,1-2H3,(H,27,31)/b5-3-,12-10+/t17?,19-,21-,22+,24?/m0/s1. The maximum absolute atomic E-state index is 11.5. The molecule has 4 N–H and O–H groups in total. The molecule has 1 saturated carbocycles. The van der Waals surface area contributed by atoms with Crippen LogP contribution in [0.3, 0.4) is 0 Å². The monoisotopic (exact) mass is 527 g/mol. The van der Waals surface area contributed by atoms with Crippen molar-refractivity contribution in [3.05, 3.63) is 44.6 Å². The van der Waals surface area contributed by atoms with Gasteiger partial charge in [0.2, 0.25) is 5.91 Å². The van der Waals surface area contributed by atoms with E-state index in [4.69, 9.17) is 5.11 Å². The minimum Gasteiger partial charge on any atom is -0.395 e. The summed E-state index contributed by atoms with van der Waals surface area (Å²) in [5.74, 6) is 0.774. The highest BCUT2D eigenvalue weighted by atomic mass is 79.9. The van der Waals surface area contributed by atoms with Crippen LogP contribution in [-0.2, 0) is 11.2 Å². The first kappa shape index (κ1) is 27.3. The summed E-state index contributed by atoms with van der Waals surface area (Å²) >= 11 is 5.31. The summed E-state index contributed by atoms with van der Waals surface area (Å²) in [4.78, 5) is 14.1. The first-order chi connectivity index (χ1) is 15.3. The second kappa shape index (κ2) is 14.3. The summed E-state index contributed by atoms with van der Waals surface area (Å²) in [6, 6.07) is 2.13. The fraction of sp³-hybridized carbons (Fsp3) is 0.640. The van der Waals surface area contributed by atoms with Crippen molar-refractivity contribution in [3.63, 3.8) is 0 Å². The normalized spacial score (nSPS) is 24.6. The molecule has 0 bridgehead atoms. The number of aryl methyl sites for hydroxylation is 2. The molecule has 2 rings (SSSR count). The zero-order chi connectivity index (χ0) is 23.5. The molecule has 1 amide bonds. The summed E-state index contributed by atoms with van der Waals surface area (Å²) in [6.45, 7) is 4.53. The van der Waals surface area contributed by atoms with Crippen molar-refractivity contribution in [3.8, 4) is 0 Å². The Hall–Kier alpha value is -0.990. The van der Waals surface area contributed by atoms with Crippen molar-refractivity contribution in [1.29, 1.82) is 0 Å². The van der Waals surface area contributed by atoms with Gasteiger partial charge in [-0.3, -0.25) is 4.79 Å². The van der Waals surface area contributed by atoms with Crippen LogP contribution >= 0.6 is 27.3 Å². The number of amides is 1. The minimum atomic E-state index is -0.478. The van der Waals surface area contributed by atoms with Crippen molar-refractivity contribution >= 4 is 33.2 Å². The zero-order valence-corrected chi connectivity index (χ0v) is 21.6. The fourth-order valence-electron chi connectivity index (χ4n) is 4.36. The predicted octanol–water partition coefficient (Wildman–Crippen LogP) is 4.53. The number of nitrogens with one attached hydrogen (secondary N) is 1. The number of halogens is 1. The van der Waals surface area contributed by atoms with Crippen LogP contribution in [0, 0.1) is 24.7 Å². The first-order valence-electron chi connectivity index (χ1n) is 11.6. The summed E-state index contributed by atoms with van der Waals surface area (Å²) < 4.78 is 1.14. The van der Waals surface area contributed by atoms with Gasteiger partial charge in [0.25, 0.3) is 0 Å². The molecule has 1 aromatic rings. The van der Waals surface area contributed by atoms with Crippen LogP contribution in [0.15, 0.2) is 34.8 Å². The van der Waals surface area contributed by atoms with Gasteiger partial charge in [0, 0.05) is 27.2 Å². The van der Waals surface area contributed by atoms with Crippen LogP contribution in [0.5, 0.6) is 0 Å². The van der Waals surface area contributed by atoms with E-state index in [0.717, 1.165) is 36.6 Å². The van der Waals surface area contributed by atoms with E-state index < -0.39 is 6.10 Å². The molecule has 7 heteroatoms. The Morgan fingerprint density at radius 3 is 2.88 bits per heavy atom. The van der Waals surface area contributed by atoms with E-state index in [0.29, 0.717) is 25.3 Å². The molecule has 2 unspecified atom stereocenters. The third-order valence-corrected chi connectivity index (χ3v) is 8.39. The highest BCUT2D eigenvalue weighted by Gasteiger charge is 2.37. The molecule has 32 heavy (non-hydrogen) atoms. The van der Waals surface area contributed by atoms with E-state index in [1.54, 1.807) is 11.3 Å². The van der Waals surface area contributed by atoms with Gasteiger partial charge in [-0.25, -0.2) is 0 Å². The van der Waals surface area contributed by atoms with Gasteiger partial charge in [-0.05, 0) is 85.2 Å². The molecule has 0 aromatic carbocycles. The number of hydrogen-bond donors (Lipinski definition) is 4. The maximum atomic E-state index is 11.5. The Morgan fingerprint density at radius 2 is 2.19 bits per heavy atom. The van der Waals surface area contributed by atoms with Gasteiger partial charge in [-0.1, -0.05) is 31.2 Å². The Morgan fingerprint density at radius 1 is 1.41 bits per heavy atom. The molecule has 0 saturated heterocycles. The van der Waals surface area contributed by atoms with E-state index in [-0.39, 0.29) is 30.5 Å². The second-order valence-electron chi connectivity index (χ2n) is 8.80. The van der Waals surface area contributed by atoms with E-state index >= 15 is 0 Å². The highest BCUT2D eigenvalue weighted by Crippen LogP contribution is 2.40. The zero-order valence-electron chi connectivity index (χ0n) is 19.2. The summed E-state index contributed by atoms with van der Waals surface area (Å²) in [6.07, 6.45) is 12.6. The van der Waals surface area contributed by atoms with E-state index in [9.17, 15) is 15.0 Å². The fourth-order valence-corrected chi connectivity index (χ4v) is 5.97. The molecule has 5 nitrogen and oxygen atoms in total. The Balaban J connectivity index is 1.77. The number of allylic oxidation sites excluding steroid dienone is 3. The molecule has 1 fully saturated rings. The molecule has 1 aliphatic rings. The summed E-state index contributed by atoms with van der Waals surface area (Å²) in [5.41, 5.74) is 0. The molecule has 5 atom stereocenters. The van der Waals surface area contributed by atoms with Crippen LogP contribution in [0.25, 0.3) is 0 Å². The topological polar surface area (TPSA) is 89.8 Å². The second-order valence-corrected chi connectivity index (χ2v) is 11.0. The molecular formula is C25H38BrNO4S. The number of carbonyl (C=O) groups excluding carboxylic acids is 1. The van der Waals surface area contributed by atoms with E-state index in [1.807, 2.05) is 6.08 Å². The number of unbranched alkanes of at least 4 members (excludes halogenated alkanes) is 1. The number of carbonyl (C=O) groups is 1. The third kappa shape index (κ3) is 9.10. The maximum Gasteiger partial charge on any atom is 0.220 e. The van der Waals surface area contributed by atoms with Gasteiger partial charge in [-0.2, -0.15) is 0 Å². The summed E-state index contributed by atoms with van der Waals surface area (Å²) in [7, 11) is 0. The van der Waals surface area contributed by atoms with Crippen molar-refractivity contribution in [2.45, 2.75) is 71.0 Å². The molecule has 1 heterocycles. The molecular weight excluding hydrogens is 490 g/mol. The first-order valence-corrected chi connectivity index (χ1v) is 13.2. The highest BCUT2D eigenvalue weighted by molar-refractivity contribution is 9.10. The van der Waals surface area contributed by atoms with Crippen LogP contribution < -0.4 is 5.32 Å². The lowest BCUT2D eigenvalue weighted by molar-refractivity contribution is -0.121. The van der Waals surface area contributed by atoms with E-state index in [2.05, 4.69) is 59.4 Å². The summed E-state index contributed by atoms with van der Waals surface area (Å²) in [5, 5.41) is 32.3. The largest absolute Gasteiger partial charge is 0.395 e. The number of rotatable bonds is 13. The van der Waals surface area contributed by atoms with Crippen LogP contribution in [-0.4, -0.2) is 46.6 Å². The van der Waals surface area contributed by atoms with Crippen molar-refractivity contribution in [2.75, 3.05) is 13.2 Å². The van der Waals surface area contributed by atoms with Crippen LogP contribution in [0.2, 0.25) is 0 Å². The molecule has 0 aliphatic heterocycles. The van der Waals surface area contributed by atoms with Crippen molar-refractivity contribution in [2.24, 2.45) is 17.8 Å². The van der Waals surface area contributed by atoms with Gasteiger partial charge in [0.05, 0.1) is 18.8 Å². The van der Waals surface area contributed by atoms with Crippen LogP contribution in [0.1, 0.15) is 55.2 Å². The third-order valence-electron chi connectivity index (χ3n) is 6.19. The molecule has 0 spiro atoms. The lowest BCUT2D eigenvalue weighted by Crippen LogP contribution is -2.25. The SMILES string of the molecule is Cc1sc(CC[C@H](O)/C=C/[C@H]2C(C)CC(O)[C@@H]2C/C=C\CCCC(=O)NCCO)cc1Br. The smallest absolute Gasteiger partial charge is 0.220 e. The molecule has 1 aliphatic carbocycles. The predicted molar refractivity (Wildman–Crippen MR) is 135 cm³/mol. The number of thiophene rings is 1. The van der Waals surface area contributed by atoms with Gasteiger partial charge in [-0.15, -0.1) is 11.3 Å². The minimum absolute atomic E-state index is 0.0295. The van der Waals surface area contributed by atoms with Gasteiger partial charge in [0.1, 0.15) is 0 Å². The lowest BCUT2D eigenvalue weighted by atomic mass is 9.86. The number of aliphatic hydroxyl groups excluding tert-OH is 3. The van der Waals surface area contributed by atoms with Crippen molar-refractivity contribution < 1.29 is 20.1 Å². The van der Waals surface area contributed by atoms with Gasteiger partial charge < -0.3 is 20.6 Å². The van der Waals surface area contributed by atoms with Crippen LogP contribution in [0.4, 0.5) is 0 Å². The quantitative estimate of drug-likeness (QED) is 0.224. The number of hydrogen-bond acceptors (Lipinski definition) is 5. The lowest BCUT2D eigenvalue weighted by Gasteiger charge is -2.20. The molecule has 0 radical (unpaired) electrons. The van der Waals surface area contributed by atoms with Crippen molar-refractivity contribution in [1.82, 2.24) is 5.32 Å². The molecule has 180 valence electrons. The Kier molecular flexibility index (Phi) is 12.2. The Bertz CT molecular complexity index is 744. The molecule has 1 aromatic heterocycles. The van der Waals surface area contributed by atoms with E-state index in [1.165, 1.54) is 9.75 Å². The number of aliphatic hydroxyl groups is 3. The van der Waals surface area contributed by atoms with Gasteiger partial charge in [0.15, 0.2) is 0 Å². The van der Waals surface area contributed by atoms with Gasteiger partial charge >= 0.3 is 0 Å². The average Bonchev–Trinajstić information content (AvgIpc) is 3.22. The average molecular weight is 529 g/mol. The Labute approximate surface area is 204 Å².